The van der Waals surface area contributed by atoms with Crippen LogP contribution in [-0.4, -0.2) is 53.8 Å². The van der Waals surface area contributed by atoms with E-state index in [9.17, 15) is 17.6 Å². The molecule has 0 aliphatic carbocycles. The van der Waals surface area contributed by atoms with Crippen LogP contribution in [0.4, 0.5) is 4.39 Å². The monoisotopic (exact) mass is 416 g/mol. The minimum atomic E-state index is -3.67. The molecule has 7 nitrogen and oxygen atoms in total. The van der Waals surface area contributed by atoms with Gasteiger partial charge in [0.25, 0.3) is 5.56 Å². The third-order valence-corrected chi connectivity index (χ3v) is 6.95. The molecule has 0 bridgehead atoms. The molecular weight excluding hydrogens is 395 g/mol. The first-order valence-corrected chi connectivity index (χ1v) is 10.8. The number of aromatic nitrogens is 2. The van der Waals surface area contributed by atoms with Crippen molar-refractivity contribution in [3.05, 3.63) is 70.5 Å². The van der Waals surface area contributed by atoms with Crippen LogP contribution in [0.5, 0.6) is 0 Å². The van der Waals surface area contributed by atoms with E-state index >= 15 is 0 Å². The average Bonchev–Trinajstić information content (AvgIpc) is 2.94. The number of sulfonamides is 1. The van der Waals surface area contributed by atoms with Gasteiger partial charge in [0.2, 0.25) is 10.0 Å². The second-order valence-electron chi connectivity index (χ2n) is 7.02. The molecule has 0 radical (unpaired) electrons. The molecule has 1 saturated heterocycles. The molecule has 9 heteroatoms. The number of benzene rings is 2. The summed E-state index contributed by atoms with van der Waals surface area (Å²) in [5.74, 6) is 0.0893. The van der Waals surface area contributed by atoms with Crippen molar-refractivity contribution >= 4 is 20.9 Å². The first kappa shape index (κ1) is 19.7. The van der Waals surface area contributed by atoms with E-state index in [0.29, 0.717) is 55.9 Å². The minimum Gasteiger partial charge on any atom is -0.309 e. The minimum absolute atomic E-state index is 0.0906. The van der Waals surface area contributed by atoms with Crippen molar-refractivity contribution in [3.63, 3.8) is 0 Å². The van der Waals surface area contributed by atoms with Crippen molar-refractivity contribution in [2.45, 2.75) is 17.9 Å². The van der Waals surface area contributed by atoms with E-state index in [-0.39, 0.29) is 10.5 Å². The van der Waals surface area contributed by atoms with Gasteiger partial charge < -0.3 is 4.98 Å². The van der Waals surface area contributed by atoms with E-state index in [1.165, 1.54) is 16.4 Å². The Morgan fingerprint density at radius 2 is 1.76 bits per heavy atom. The smallest absolute Gasteiger partial charge is 0.258 e. The maximum Gasteiger partial charge on any atom is 0.258 e. The van der Waals surface area contributed by atoms with Gasteiger partial charge in [0.15, 0.2) is 0 Å². The summed E-state index contributed by atoms with van der Waals surface area (Å²) in [5.41, 5.74) is 0.461. The molecule has 3 aromatic rings. The van der Waals surface area contributed by atoms with E-state index in [0.717, 1.165) is 12.1 Å². The van der Waals surface area contributed by atoms with Crippen molar-refractivity contribution in [2.75, 3.05) is 26.2 Å². The predicted octanol–water partition coefficient (Wildman–Crippen LogP) is 1.96. The van der Waals surface area contributed by atoms with Gasteiger partial charge in [-0.2, -0.15) is 4.31 Å². The van der Waals surface area contributed by atoms with E-state index in [4.69, 9.17) is 0 Å². The zero-order valence-electron chi connectivity index (χ0n) is 15.7. The Morgan fingerprint density at radius 1 is 1.00 bits per heavy atom. The SMILES string of the molecule is O=c1[nH]c(CN2CCCN(S(=O)(=O)c3ccc(F)cc3)CC2)nc2ccccc12. The van der Waals surface area contributed by atoms with Crippen molar-refractivity contribution in [2.24, 2.45) is 0 Å². The van der Waals surface area contributed by atoms with Crippen LogP contribution in [0.15, 0.2) is 58.2 Å². The molecule has 0 saturated carbocycles. The summed E-state index contributed by atoms with van der Waals surface area (Å²) in [5, 5.41) is 0.545. The number of nitrogens with zero attached hydrogens (tertiary/aromatic N) is 3. The zero-order chi connectivity index (χ0) is 20.4. The number of fused-ring (bicyclic) bond motifs is 1. The number of hydrogen-bond acceptors (Lipinski definition) is 5. The van der Waals surface area contributed by atoms with Gasteiger partial charge in [0, 0.05) is 19.6 Å². The second-order valence-corrected chi connectivity index (χ2v) is 8.96. The summed E-state index contributed by atoms with van der Waals surface area (Å²) in [6, 6.07) is 12.0. The summed E-state index contributed by atoms with van der Waals surface area (Å²) in [7, 11) is -3.67. The fourth-order valence-electron chi connectivity index (χ4n) is 3.52. The zero-order valence-corrected chi connectivity index (χ0v) is 16.5. The Labute approximate surface area is 167 Å². The van der Waals surface area contributed by atoms with E-state index in [1.807, 2.05) is 6.07 Å². The van der Waals surface area contributed by atoms with Crippen molar-refractivity contribution in [3.8, 4) is 0 Å². The maximum absolute atomic E-state index is 13.1. The topological polar surface area (TPSA) is 86.4 Å². The number of halogens is 1. The summed E-state index contributed by atoms with van der Waals surface area (Å²) in [6.45, 7) is 2.34. The lowest BCUT2D eigenvalue weighted by Crippen LogP contribution is -2.35. The van der Waals surface area contributed by atoms with Crippen LogP contribution in [0.25, 0.3) is 10.9 Å². The van der Waals surface area contributed by atoms with Crippen LogP contribution in [0.2, 0.25) is 0 Å². The van der Waals surface area contributed by atoms with Crippen LogP contribution >= 0.6 is 0 Å². The highest BCUT2D eigenvalue weighted by molar-refractivity contribution is 7.89. The first-order chi connectivity index (χ1) is 13.9. The molecule has 29 heavy (non-hydrogen) atoms. The highest BCUT2D eigenvalue weighted by atomic mass is 32.2. The van der Waals surface area contributed by atoms with Crippen LogP contribution < -0.4 is 5.56 Å². The molecule has 1 N–H and O–H groups in total. The standard InChI is InChI=1S/C20H21FN4O3S/c21-15-6-8-16(9-7-15)29(27,28)25-11-3-10-24(12-13-25)14-19-22-18-5-2-1-4-17(18)20(26)23-19/h1-2,4-9H,3,10-14H2,(H,22,23,26). The lowest BCUT2D eigenvalue weighted by Gasteiger charge is -2.21. The van der Waals surface area contributed by atoms with E-state index < -0.39 is 15.8 Å². The van der Waals surface area contributed by atoms with Gasteiger partial charge >= 0.3 is 0 Å². The van der Waals surface area contributed by atoms with Crippen molar-refractivity contribution in [1.82, 2.24) is 19.2 Å². The molecule has 4 rings (SSSR count). The maximum atomic E-state index is 13.1. The highest BCUT2D eigenvalue weighted by Crippen LogP contribution is 2.18. The van der Waals surface area contributed by atoms with Crippen LogP contribution in [0.1, 0.15) is 12.2 Å². The Hall–Kier alpha value is -2.62. The molecule has 1 aliphatic rings. The lowest BCUT2D eigenvalue weighted by molar-refractivity contribution is 0.272. The Kier molecular flexibility index (Phi) is 5.44. The van der Waals surface area contributed by atoms with Crippen molar-refractivity contribution in [1.29, 1.82) is 0 Å². The third-order valence-electron chi connectivity index (χ3n) is 5.03. The molecule has 1 aromatic heterocycles. The first-order valence-electron chi connectivity index (χ1n) is 9.39. The molecule has 0 spiro atoms. The van der Waals surface area contributed by atoms with Crippen LogP contribution in [-0.2, 0) is 16.6 Å². The van der Waals surface area contributed by atoms with Crippen molar-refractivity contribution < 1.29 is 12.8 Å². The number of nitrogens with one attached hydrogen (secondary N) is 1. The number of hydrogen-bond donors (Lipinski definition) is 1. The van der Waals surface area contributed by atoms with Gasteiger partial charge in [-0.25, -0.2) is 17.8 Å². The van der Waals surface area contributed by atoms with E-state index in [2.05, 4.69) is 14.9 Å². The quantitative estimate of drug-likeness (QED) is 0.703. The largest absolute Gasteiger partial charge is 0.309 e. The molecule has 152 valence electrons. The molecular formula is C20H21FN4O3S. The van der Waals surface area contributed by atoms with Gasteiger partial charge in [-0.1, -0.05) is 12.1 Å². The Morgan fingerprint density at radius 3 is 2.55 bits per heavy atom. The molecule has 2 aromatic carbocycles. The molecule has 0 atom stereocenters. The second kappa shape index (κ2) is 8.02. The molecule has 1 fully saturated rings. The summed E-state index contributed by atoms with van der Waals surface area (Å²) >= 11 is 0. The number of rotatable bonds is 4. The van der Waals surface area contributed by atoms with Gasteiger partial charge in [-0.3, -0.25) is 9.69 Å². The fourth-order valence-corrected chi connectivity index (χ4v) is 4.99. The van der Waals surface area contributed by atoms with Gasteiger partial charge in [-0.05, 0) is 49.4 Å². The Bertz CT molecular complexity index is 1180. The third kappa shape index (κ3) is 4.21. The molecule has 1 aliphatic heterocycles. The predicted molar refractivity (Wildman–Crippen MR) is 107 cm³/mol. The number of H-pyrrole nitrogens is 1. The number of aromatic amines is 1. The Balaban J connectivity index is 1.48. The average molecular weight is 416 g/mol. The van der Waals surface area contributed by atoms with Gasteiger partial charge in [0.1, 0.15) is 11.6 Å². The number of para-hydroxylation sites is 1. The van der Waals surface area contributed by atoms with Gasteiger partial charge in [-0.15, -0.1) is 0 Å². The molecule has 2 heterocycles. The summed E-state index contributed by atoms with van der Waals surface area (Å²) in [6.07, 6.45) is 0.651. The molecule has 0 amide bonds. The lowest BCUT2D eigenvalue weighted by atomic mass is 10.2. The van der Waals surface area contributed by atoms with Crippen LogP contribution in [0, 0.1) is 5.82 Å². The summed E-state index contributed by atoms with van der Waals surface area (Å²) in [4.78, 5) is 21.7. The fraction of sp³-hybridized carbons (Fsp3) is 0.300. The van der Waals surface area contributed by atoms with Gasteiger partial charge in [0.05, 0.1) is 22.3 Å². The van der Waals surface area contributed by atoms with E-state index in [1.54, 1.807) is 18.2 Å². The normalized spacial score (nSPS) is 16.7. The van der Waals surface area contributed by atoms with Crippen LogP contribution in [0.3, 0.4) is 0 Å². The summed E-state index contributed by atoms with van der Waals surface area (Å²) < 4.78 is 40.2. The highest BCUT2D eigenvalue weighted by Gasteiger charge is 2.27. The molecule has 0 unspecified atom stereocenters.